The number of alkyl halides is 1. The number of hydrogen-bond acceptors (Lipinski definition) is 1. The van der Waals surface area contributed by atoms with Crippen LogP contribution in [0.4, 0.5) is 8.78 Å². The van der Waals surface area contributed by atoms with E-state index in [2.05, 4.69) is 4.74 Å². The summed E-state index contributed by atoms with van der Waals surface area (Å²) < 4.78 is 28.7. The van der Waals surface area contributed by atoms with Gasteiger partial charge in [0, 0.05) is 0 Å². The first-order valence-electron chi connectivity index (χ1n) is 2.98. The molecule has 5 heteroatoms. The van der Waals surface area contributed by atoms with Crippen LogP contribution in [0.2, 0.25) is 10.0 Å². The summed E-state index contributed by atoms with van der Waals surface area (Å²) in [4.78, 5) is 0. The van der Waals surface area contributed by atoms with Crippen LogP contribution < -0.4 is 4.74 Å². The molecule has 0 aromatic heterocycles. The number of ether oxygens (including phenoxy) is 1. The van der Waals surface area contributed by atoms with E-state index < -0.39 is 12.7 Å². The maximum Gasteiger partial charge on any atom is 0.228 e. The molecule has 1 aromatic carbocycles. The third kappa shape index (κ3) is 1.99. The molecule has 1 aromatic rings. The Morgan fingerprint density at radius 3 is 2.17 bits per heavy atom. The molecule has 0 amide bonds. The van der Waals surface area contributed by atoms with E-state index in [4.69, 9.17) is 23.2 Å². The first kappa shape index (κ1) is 9.55. The van der Waals surface area contributed by atoms with Gasteiger partial charge in [-0.1, -0.05) is 23.2 Å². The lowest BCUT2D eigenvalue weighted by molar-refractivity contribution is 0.192. The van der Waals surface area contributed by atoms with E-state index in [0.29, 0.717) is 0 Å². The maximum absolute atomic E-state index is 12.5. The minimum absolute atomic E-state index is 0.0396. The summed E-state index contributed by atoms with van der Waals surface area (Å²) in [5, 5.41) is -0.0877. The van der Waals surface area contributed by atoms with Crippen molar-refractivity contribution in [1.29, 1.82) is 0 Å². The molecule has 0 heterocycles. The van der Waals surface area contributed by atoms with E-state index in [9.17, 15) is 8.78 Å². The van der Waals surface area contributed by atoms with Crippen LogP contribution in [-0.2, 0) is 0 Å². The fourth-order valence-electron chi connectivity index (χ4n) is 0.721. The number of rotatable bonds is 2. The topological polar surface area (TPSA) is 9.23 Å². The Morgan fingerprint density at radius 2 is 1.75 bits per heavy atom. The summed E-state index contributed by atoms with van der Waals surface area (Å²) in [6, 6.07) is 2.00. The Balaban J connectivity index is 3.10. The van der Waals surface area contributed by atoms with Gasteiger partial charge in [0.05, 0.1) is 10.0 Å². The molecule has 66 valence electrons. The molecule has 12 heavy (non-hydrogen) atoms. The lowest BCUT2D eigenvalue weighted by Crippen LogP contribution is -1.92. The van der Waals surface area contributed by atoms with E-state index in [-0.39, 0.29) is 15.8 Å². The molecule has 0 aliphatic rings. The molecule has 1 rings (SSSR count). The third-order valence-corrected chi connectivity index (χ3v) is 1.72. The lowest BCUT2D eigenvalue weighted by atomic mass is 10.3. The number of hydrogen-bond donors (Lipinski definition) is 0. The predicted octanol–water partition coefficient (Wildman–Crippen LogP) is 3.44. The molecule has 0 N–H and O–H groups in total. The number of benzene rings is 1. The quantitative estimate of drug-likeness (QED) is 0.730. The van der Waals surface area contributed by atoms with Crippen molar-refractivity contribution < 1.29 is 13.5 Å². The summed E-state index contributed by atoms with van der Waals surface area (Å²) in [5.41, 5.74) is 0. The van der Waals surface area contributed by atoms with Crippen LogP contribution in [0.1, 0.15) is 0 Å². The molecule has 0 atom stereocenters. The summed E-state index contributed by atoms with van der Waals surface area (Å²) in [7, 11) is 0. The summed E-state index contributed by atoms with van der Waals surface area (Å²) in [6.07, 6.45) is 0. The van der Waals surface area contributed by atoms with E-state index in [1.165, 1.54) is 0 Å². The molecule has 0 aliphatic heterocycles. The first-order chi connectivity index (χ1) is 5.65. The zero-order valence-corrected chi connectivity index (χ0v) is 7.29. The minimum Gasteiger partial charge on any atom is -0.460 e. The van der Waals surface area contributed by atoms with E-state index in [1.54, 1.807) is 0 Å². The average Bonchev–Trinajstić information content (AvgIpc) is 1.96. The van der Waals surface area contributed by atoms with Crippen molar-refractivity contribution in [3.05, 3.63) is 28.0 Å². The van der Waals surface area contributed by atoms with Crippen LogP contribution in [0.3, 0.4) is 0 Å². The molecule has 0 unspecified atom stereocenters. The molecule has 0 spiro atoms. The van der Waals surface area contributed by atoms with Crippen LogP contribution in [-0.4, -0.2) is 6.86 Å². The van der Waals surface area contributed by atoms with E-state index in [1.807, 2.05) is 0 Å². The molecule has 0 saturated heterocycles. The Morgan fingerprint density at radius 1 is 1.25 bits per heavy atom. The SMILES string of the molecule is FCOc1c(Cl)cc(F)cc1Cl. The van der Waals surface area contributed by atoms with Crippen molar-refractivity contribution in [2.75, 3.05) is 6.86 Å². The Bertz CT molecular complexity index is 268. The monoisotopic (exact) mass is 212 g/mol. The molecular formula is C7H4Cl2F2O. The second kappa shape index (κ2) is 3.92. The molecule has 0 radical (unpaired) electrons. The largest absolute Gasteiger partial charge is 0.460 e. The van der Waals surface area contributed by atoms with Gasteiger partial charge in [0.25, 0.3) is 0 Å². The minimum atomic E-state index is -1.05. The van der Waals surface area contributed by atoms with Gasteiger partial charge in [-0.25, -0.2) is 8.78 Å². The zero-order valence-electron chi connectivity index (χ0n) is 5.78. The molecule has 0 bridgehead atoms. The van der Waals surface area contributed by atoms with Crippen LogP contribution in [0, 0.1) is 5.82 Å². The van der Waals surface area contributed by atoms with Crippen molar-refractivity contribution in [3.8, 4) is 5.75 Å². The van der Waals surface area contributed by atoms with E-state index >= 15 is 0 Å². The van der Waals surface area contributed by atoms with Gasteiger partial charge in [0.15, 0.2) is 5.75 Å². The average molecular weight is 213 g/mol. The Kier molecular flexibility index (Phi) is 3.12. The first-order valence-corrected chi connectivity index (χ1v) is 3.74. The third-order valence-electron chi connectivity index (χ3n) is 1.16. The van der Waals surface area contributed by atoms with Gasteiger partial charge in [-0.3, -0.25) is 0 Å². The van der Waals surface area contributed by atoms with Crippen molar-refractivity contribution in [2.45, 2.75) is 0 Å². The zero-order chi connectivity index (χ0) is 9.14. The second-order valence-corrected chi connectivity index (χ2v) is 2.77. The normalized spacial score (nSPS) is 10.0. The van der Waals surface area contributed by atoms with Crippen molar-refractivity contribution in [3.63, 3.8) is 0 Å². The van der Waals surface area contributed by atoms with Crippen LogP contribution in [0.15, 0.2) is 12.1 Å². The smallest absolute Gasteiger partial charge is 0.228 e. The fourth-order valence-corrected chi connectivity index (χ4v) is 1.29. The highest BCUT2D eigenvalue weighted by molar-refractivity contribution is 6.37. The lowest BCUT2D eigenvalue weighted by Gasteiger charge is -2.05. The van der Waals surface area contributed by atoms with Gasteiger partial charge in [0.1, 0.15) is 5.82 Å². The van der Waals surface area contributed by atoms with Crippen molar-refractivity contribution in [2.24, 2.45) is 0 Å². The highest BCUT2D eigenvalue weighted by Crippen LogP contribution is 2.33. The molecular weight excluding hydrogens is 209 g/mol. The van der Waals surface area contributed by atoms with Gasteiger partial charge < -0.3 is 4.74 Å². The number of halogens is 4. The van der Waals surface area contributed by atoms with Crippen molar-refractivity contribution in [1.82, 2.24) is 0 Å². The molecule has 0 aliphatic carbocycles. The van der Waals surface area contributed by atoms with Crippen molar-refractivity contribution >= 4 is 23.2 Å². The molecule has 1 nitrogen and oxygen atoms in total. The summed E-state index contributed by atoms with van der Waals surface area (Å²) in [5.74, 6) is -0.626. The molecule has 0 saturated carbocycles. The van der Waals surface area contributed by atoms with Gasteiger partial charge in [-0.2, -0.15) is 0 Å². The van der Waals surface area contributed by atoms with Crippen LogP contribution in [0.5, 0.6) is 5.75 Å². The highest BCUT2D eigenvalue weighted by atomic mass is 35.5. The second-order valence-electron chi connectivity index (χ2n) is 1.95. The van der Waals surface area contributed by atoms with Crippen LogP contribution in [0.25, 0.3) is 0 Å². The van der Waals surface area contributed by atoms with Gasteiger partial charge >= 0.3 is 0 Å². The van der Waals surface area contributed by atoms with Gasteiger partial charge in [-0.05, 0) is 12.1 Å². The fraction of sp³-hybridized carbons (Fsp3) is 0.143. The van der Waals surface area contributed by atoms with Gasteiger partial charge in [-0.15, -0.1) is 0 Å². The highest BCUT2D eigenvalue weighted by Gasteiger charge is 2.08. The molecule has 0 fully saturated rings. The summed E-state index contributed by atoms with van der Waals surface area (Å²) >= 11 is 11.0. The standard InChI is InChI=1S/C7H4Cl2F2O/c8-5-1-4(11)2-6(9)7(5)12-3-10/h1-2H,3H2. The maximum atomic E-state index is 12.5. The Labute approximate surface area is 77.8 Å². The predicted molar refractivity (Wildman–Crippen MR) is 43.0 cm³/mol. The van der Waals surface area contributed by atoms with Crippen LogP contribution >= 0.6 is 23.2 Å². The van der Waals surface area contributed by atoms with Gasteiger partial charge in [0.2, 0.25) is 6.86 Å². The van der Waals surface area contributed by atoms with E-state index in [0.717, 1.165) is 12.1 Å². The summed E-state index contributed by atoms with van der Waals surface area (Å²) in [6.45, 7) is -1.05. The Hall–Kier alpha value is -0.540.